The summed E-state index contributed by atoms with van der Waals surface area (Å²) in [6.45, 7) is 0.730. The van der Waals surface area contributed by atoms with Crippen LogP contribution < -0.4 is 21.1 Å². The molecule has 0 aliphatic heterocycles. The molecule has 0 heterocycles. The van der Waals surface area contributed by atoms with Gasteiger partial charge in [0.15, 0.2) is 0 Å². The number of amides is 2. The number of anilines is 2. The molecular weight excluding hydrogens is 290 g/mol. The minimum absolute atomic E-state index is 0.312. The highest BCUT2D eigenvalue weighted by atomic mass is 35.5. The topological polar surface area (TPSA) is 76.4 Å². The number of benzene rings is 2. The molecule has 5 nitrogen and oxygen atoms in total. The van der Waals surface area contributed by atoms with Crippen molar-refractivity contribution in [3.8, 4) is 5.75 Å². The number of hydrogen-bond acceptors (Lipinski definition) is 3. The summed E-state index contributed by atoms with van der Waals surface area (Å²) in [7, 11) is 0. The number of nitrogens with two attached hydrogens (primary N) is 1. The van der Waals surface area contributed by atoms with Crippen molar-refractivity contribution in [2.75, 3.05) is 24.2 Å². The predicted octanol–water partition coefficient (Wildman–Crippen LogP) is 3.12. The van der Waals surface area contributed by atoms with E-state index in [2.05, 4.69) is 10.6 Å². The van der Waals surface area contributed by atoms with E-state index in [0.717, 1.165) is 0 Å². The Kier molecular flexibility index (Phi) is 5.29. The largest absolute Gasteiger partial charge is 0.492 e. The Morgan fingerprint density at radius 1 is 1.19 bits per heavy atom. The van der Waals surface area contributed by atoms with Crippen molar-refractivity contribution in [3.05, 3.63) is 53.6 Å². The molecule has 0 aromatic heterocycles. The first-order valence-electron chi connectivity index (χ1n) is 6.42. The van der Waals surface area contributed by atoms with Crippen LogP contribution in [0.15, 0.2) is 48.5 Å². The van der Waals surface area contributed by atoms with Crippen LogP contribution in [-0.2, 0) is 0 Å². The normalized spacial score (nSPS) is 9.95. The SMILES string of the molecule is Nc1cccc(OCCNC(=O)Nc2cccc(Cl)c2)c1. The Morgan fingerprint density at radius 3 is 2.76 bits per heavy atom. The van der Waals surface area contributed by atoms with E-state index in [1.165, 1.54) is 0 Å². The molecule has 6 heteroatoms. The van der Waals surface area contributed by atoms with Gasteiger partial charge in [0, 0.05) is 22.5 Å². The van der Waals surface area contributed by atoms with Crippen LogP contribution in [0, 0.1) is 0 Å². The second kappa shape index (κ2) is 7.40. The Balaban J connectivity index is 1.70. The molecule has 0 bridgehead atoms. The number of nitrogens with one attached hydrogen (secondary N) is 2. The Morgan fingerprint density at radius 2 is 2.00 bits per heavy atom. The monoisotopic (exact) mass is 305 g/mol. The van der Waals surface area contributed by atoms with Crippen molar-refractivity contribution in [2.45, 2.75) is 0 Å². The van der Waals surface area contributed by atoms with E-state index in [9.17, 15) is 4.79 Å². The maximum Gasteiger partial charge on any atom is 0.319 e. The average molecular weight is 306 g/mol. The molecule has 2 amide bonds. The lowest BCUT2D eigenvalue weighted by Gasteiger charge is -2.09. The van der Waals surface area contributed by atoms with Gasteiger partial charge in [-0.15, -0.1) is 0 Å². The van der Waals surface area contributed by atoms with Crippen LogP contribution in [0.25, 0.3) is 0 Å². The van der Waals surface area contributed by atoms with Crippen molar-refractivity contribution < 1.29 is 9.53 Å². The summed E-state index contributed by atoms with van der Waals surface area (Å²) < 4.78 is 5.46. The highest BCUT2D eigenvalue weighted by molar-refractivity contribution is 6.30. The fraction of sp³-hybridized carbons (Fsp3) is 0.133. The zero-order chi connectivity index (χ0) is 15.1. The van der Waals surface area contributed by atoms with Crippen LogP contribution in [-0.4, -0.2) is 19.2 Å². The third kappa shape index (κ3) is 5.24. The van der Waals surface area contributed by atoms with Crippen molar-refractivity contribution in [3.63, 3.8) is 0 Å². The number of carbonyl (C=O) groups is 1. The van der Waals surface area contributed by atoms with Crippen LogP contribution in [0.2, 0.25) is 5.02 Å². The lowest BCUT2D eigenvalue weighted by atomic mass is 10.3. The second-order valence-corrected chi connectivity index (χ2v) is 4.75. The summed E-state index contributed by atoms with van der Waals surface area (Å²) in [6, 6.07) is 13.7. The fourth-order valence-corrected chi connectivity index (χ4v) is 1.87. The number of hydrogen-bond donors (Lipinski definition) is 3. The molecule has 0 saturated heterocycles. The van der Waals surface area contributed by atoms with Crippen molar-refractivity contribution >= 4 is 29.0 Å². The van der Waals surface area contributed by atoms with E-state index in [1.807, 2.05) is 12.1 Å². The highest BCUT2D eigenvalue weighted by Gasteiger charge is 2.01. The number of ether oxygens (including phenoxy) is 1. The van der Waals surface area contributed by atoms with Gasteiger partial charge in [0.05, 0.1) is 6.54 Å². The van der Waals surface area contributed by atoms with Crippen molar-refractivity contribution in [2.24, 2.45) is 0 Å². The molecule has 110 valence electrons. The highest BCUT2D eigenvalue weighted by Crippen LogP contribution is 2.15. The summed E-state index contributed by atoms with van der Waals surface area (Å²) in [4.78, 5) is 11.6. The lowest BCUT2D eigenvalue weighted by Crippen LogP contribution is -2.32. The van der Waals surface area contributed by atoms with Gasteiger partial charge < -0.3 is 21.1 Å². The van der Waals surface area contributed by atoms with Gasteiger partial charge in [-0.2, -0.15) is 0 Å². The lowest BCUT2D eigenvalue weighted by molar-refractivity contribution is 0.247. The van der Waals surface area contributed by atoms with Gasteiger partial charge in [-0.3, -0.25) is 0 Å². The van der Waals surface area contributed by atoms with Crippen molar-refractivity contribution in [1.29, 1.82) is 0 Å². The maximum atomic E-state index is 11.6. The van der Waals surface area contributed by atoms with E-state index in [0.29, 0.717) is 35.3 Å². The minimum Gasteiger partial charge on any atom is -0.492 e. The Bertz CT molecular complexity index is 619. The fourth-order valence-electron chi connectivity index (χ4n) is 1.68. The summed E-state index contributed by atoms with van der Waals surface area (Å²) in [5.74, 6) is 0.673. The third-order valence-corrected chi connectivity index (χ3v) is 2.83. The minimum atomic E-state index is -0.312. The number of rotatable bonds is 5. The zero-order valence-electron chi connectivity index (χ0n) is 11.3. The van der Waals surface area contributed by atoms with E-state index >= 15 is 0 Å². The molecule has 0 atom stereocenters. The first-order chi connectivity index (χ1) is 10.1. The summed E-state index contributed by atoms with van der Waals surface area (Å²) in [5.41, 5.74) is 6.91. The van der Waals surface area contributed by atoms with Crippen LogP contribution in [0.4, 0.5) is 16.2 Å². The predicted molar refractivity (Wildman–Crippen MR) is 84.8 cm³/mol. The molecule has 0 unspecified atom stereocenters. The van der Waals surface area contributed by atoms with Gasteiger partial charge in [-0.25, -0.2) is 4.79 Å². The number of halogens is 1. The molecule has 0 radical (unpaired) electrons. The summed E-state index contributed by atoms with van der Waals surface area (Å²) in [5, 5.41) is 5.93. The zero-order valence-corrected chi connectivity index (χ0v) is 12.1. The van der Waals surface area contributed by atoms with E-state index in [4.69, 9.17) is 22.1 Å². The maximum absolute atomic E-state index is 11.6. The van der Waals surface area contributed by atoms with Crippen LogP contribution in [0.3, 0.4) is 0 Å². The molecule has 21 heavy (non-hydrogen) atoms. The Hall–Kier alpha value is -2.40. The third-order valence-electron chi connectivity index (χ3n) is 2.60. The molecular formula is C15H16ClN3O2. The van der Waals surface area contributed by atoms with Crippen LogP contribution in [0.1, 0.15) is 0 Å². The molecule has 0 fully saturated rings. The summed E-state index contributed by atoms with van der Waals surface area (Å²) >= 11 is 5.83. The van der Waals surface area contributed by atoms with Crippen LogP contribution in [0.5, 0.6) is 5.75 Å². The number of carbonyl (C=O) groups excluding carboxylic acids is 1. The summed E-state index contributed by atoms with van der Waals surface area (Å²) in [6.07, 6.45) is 0. The van der Waals surface area contributed by atoms with Gasteiger partial charge in [0.1, 0.15) is 12.4 Å². The second-order valence-electron chi connectivity index (χ2n) is 4.31. The molecule has 2 aromatic carbocycles. The van der Waals surface area contributed by atoms with Gasteiger partial charge in [0.25, 0.3) is 0 Å². The van der Waals surface area contributed by atoms with Gasteiger partial charge >= 0.3 is 6.03 Å². The number of nitrogen functional groups attached to an aromatic ring is 1. The average Bonchev–Trinajstić information content (AvgIpc) is 2.44. The molecule has 2 rings (SSSR count). The molecule has 0 aliphatic rings. The van der Waals surface area contributed by atoms with Crippen LogP contribution >= 0.6 is 11.6 Å². The molecule has 0 spiro atoms. The smallest absolute Gasteiger partial charge is 0.319 e. The standard InChI is InChI=1S/C15H16ClN3O2/c16-11-3-1-5-13(9-11)19-15(20)18-7-8-21-14-6-2-4-12(17)10-14/h1-6,9-10H,7-8,17H2,(H2,18,19,20). The quantitative estimate of drug-likeness (QED) is 0.587. The van der Waals surface area contributed by atoms with E-state index < -0.39 is 0 Å². The van der Waals surface area contributed by atoms with Gasteiger partial charge in [-0.05, 0) is 30.3 Å². The first kappa shape index (κ1) is 15.0. The van der Waals surface area contributed by atoms with Gasteiger partial charge in [0.2, 0.25) is 0 Å². The number of urea groups is 1. The van der Waals surface area contributed by atoms with Gasteiger partial charge in [-0.1, -0.05) is 23.7 Å². The Labute approximate surface area is 128 Å². The molecule has 0 saturated carbocycles. The molecule has 4 N–H and O–H groups in total. The molecule has 2 aromatic rings. The molecule has 0 aliphatic carbocycles. The first-order valence-corrected chi connectivity index (χ1v) is 6.80. The van der Waals surface area contributed by atoms with E-state index in [1.54, 1.807) is 36.4 Å². The van der Waals surface area contributed by atoms with Crippen molar-refractivity contribution in [1.82, 2.24) is 5.32 Å². The van der Waals surface area contributed by atoms with E-state index in [-0.39, 0.29) is 6.03 Å².